The van der Waals surface area contributed by atoms with E-state index in [1.165, 1.54) is 37.8 Å². The van der Waals surface area contributed by atoms with Crippen molar-refractivity contribution in [2.45, 2.75) is 64.2 Å². The standard InChI is InChI=1S/C33H41FO8/c1-4-5-6-7-24-8-10-25(11-9-24)30-13-12-26(16-31(30)34)27-14-28(39-20-41-32(37)22(2)18-35)17-29(15-27)40-21-42-33(38)23(3)19-36/h12-17,24-25,35-36H,2-11,18-21H2,1H3. The molecule has 0 saturated heterocycles. The fraction of sp³-hybridized carbons (Fsp3) is 0.455. The zero-order valence-electron chi connectivity index (χ0n) is 24.2. The number of benzene rings is 2. The molecule has 2 aromatic rings. The molecule has 0 heterocycles. The second-order valence-electron chi connectivity index (χ2n) is 10.6. The molecule has 0 spiro atoms. The molecule has 9 heteroatoms. The van der Waals surface area contributed by atoms with Crippen molar-refractivity contribution in [1.82, 2.24) is 0 Å². The third-order valence-corrected chi connectivity index (χ3v) is 7.51. The number of carbonyl (C=O) groups is 2. The number of halogens is 1. The number of hydrogen-bond donors (Lipinski definition) is 2. The van der Waals surface area contributed by atoms with Gasteiger partial charge in [0, 0.05) is 6.07 Å². The molecule has 1 aliphatic carbocycles. The van der Waals surface area contributed by atoms with E-state index in [4.69, 9.17) is 29.2 Å². The number of aliphatic hydroxyl groups excluding tert-OH is 2. The normalized spacial score (nSPS) is 16.4. The van der Waals surface area contributed by atoms with E-state index in [1.54, 1.807) is 12.1 Å². The van der Waals surface area contributed by atoms with E-state index < -0.39 is 38.7 Å². The molecule has 0 aromatic heterocycles. The van der Waals surface area contributed by atoms with Crippen LogP contribution in [0.1, 0.15) is 69.8 Å². The minimum absolute atomic E-state index is 0.122. The molecule has 0 atom stereocenters. The second kappa shape index (κ2) is 16.7. The summed E-state index contributed by atoms with van der Waals surface area (Å²) in [5.74, 6) is -0.491. The van der Waals surface area contributed by atoms with Crippen LogP contribution in [0.3, 0.4) is 0 Å². The molecule has 0 bridgehead atoms. The fourth-order valence-corrected chi connectivity index (χ4v) is 5.02. The Labute approximate surface area is 246 Å². The Balaban J connectivity index is 1.74. The number of esters is 2. The summed E-state index contributed by atoms with van der Waals surface area (Å²) in [5.41, 5.74) is 1.62. The van der Waals surface area contributed by atoms with Gasteiger partial charge in [0.2, 0.25) is 13.6 Å². The van der Waals surface area contributed by atoms with Gasteiger partial charge in [-0.25, -0.2) is 14.0 Å². The summed E-state index contributed by atoms with van der Waals surface area (Å²) in [6, 6.07) is 9.93. The second-order valence-corrected chi connectivity index (χ2v) is 10.6. The molecule has 3 rings (SSSR count). The summed E-state index contributed by atoms with van der Waals surface area (Å²) in [6.45, 7) is 6.98. The molecular weight excluding hydrogens is 543 g/mol. The van der Waals surface area contributed by atoms with Gasteiger partial charge in [0.15, 0.2) is 0 Å². The molecule has 0 aliphatic heterocycles. The van der Waals surface area contributed by atoms with Gasteiger partial charge in [-0.2, -0.15) is 0 Å². The lowest BCUT2D eigenvalue weighted by Gasteiger charge is -2.29. The molecule has 1 aliphatic rings. The molecular formula is C33H41FO8. The number of unbranched alkanes of at least 4 members (excludes halogenated alkanes) is 2. The van der Waals surface area contributed by atoms with Crippen molar-refractivity contribution in [3.8, 4) is 22.6 Å². The van der Waals surface area contributed by atoms with Crippen LogP contribution in [0.15, 0.2) is 60.7 Å². The highest BCUT2D eigenvalue weighted by molar-refractivity contribution is 5.88. The SMILES string of the molecule is C=C(CO)C(=O)OCOc1cc(OCOC(=O)C(=C)CO)cc(-c2ccc(C3CCC(CCCCC)CC3)c(F)c2)c1. The van der Waals surface area contributed by atoms with Crippen molar-refractivity contribution in [1.29, 1.82) is 0 Å². The third kappa shape index (κ3) is 9.70. The van der Waals surface area contributed by atoms with E-state index in [9.17, 15) is 9.59 Å². The van der Waals surface area contributed by atoms with Crippen LogP contribution in [0.4, 0.5) is 4.39 Å². The summed E-state index contributed by atoms with van der Waals surface area (Å²) in [7, 11) is 0. The van der Waals surface area contributed by atoms with E-state index >= 15 is 4.39 Å². The fourth-order valence-electron chi connectivity index (χ4n) is 5.02. The van der Waals surface area contributed by atoms with E-state index in [1.807, 2.05) is 12.1 Å². The Bertz CT molecular complexity index is 1180. The van der Waals surface area contributed by atoms with E-state index in [0.29, 0.717) is 11.1 Å². The zero-order chi connectivity index (χ0) is 30.5. The van der Waals surface area contributed by atoms with Gasteiger partial charge in [0.05, 0.1) is 24.4 Å². The van der Waals surface area contributed by atoms with Crippen LogP contribution in [0.5, 0.6) is 11.5 Å². The Morgan fingerprint density at radius 1 is 0.833 bits per heavy atom. The van der Waals surface area contributed by atoms with Crippen LogP contribution < -0.4 is 9.47 Å². The maximum absolute atomic E-state index is 15.4. The number of hydrogen-bond acceptors (Lipinski definition) is 8. The van der Waals surface area contributed by atoms with Crippen LogP contribution in [-0.4, -0.2) is 49.0 Å². The first-order valence-electron chi connectivity index (χ1n) is 14.4. The van der Waals surface area contributed by atoms with Crippen LogP contribution in [0, 0.1) is 11.7 Å². The predicted molar refractivity (Wildman–Crippen MR) is 156 cm³/mol. The van der Waals surface area contributed by atoms with Crippen LogP contribution in [-0.2, 0) is 19.1 Å². The first-order chi connectivity index (χ1) is 20.2. The zero-order valence-corrected chi connectivity index (χ0v) is 24.2. The highest BCUT2D eigenvalue weighted by Gasteiger charge is 2.24. The topological polar surface area (TPSA) is 112 Å². The predicted octanol–water partition coefficient (Wildman–Crippen LogP) is 6.20. The van der Waals surface area contributed by atoms with E-state index in [2.05, 4.69) is 20.1 Å². The van der Waals surface area contributed by atoms with E-state index in [0.717, 1.165) is 37.2 Å². The summed E-state index contributed by atoms with van der Waals surface area (Å²) in [5, 5.41) is 18.0. The van der Waals surface area contributed by atoms with Crippen LogP contribution >= 0.6 is 0 Å². The molecule has 8 nitrogen and oxygen atoms in total. The average Bonchev–Trinajstić information content (AvgIpc) is 3.00. The van der Waals surface area contributed by atoms with Gasteiger partial charge in [-0.3, -0.25) is 0 Å². The molecule has 1 fully saturated rings. The molecule has 0 radical (unpaired) electrons. The number of aliphatic hydroxyl groups is 2. The van der Waals surface area contributed by atoms with Gasteiger partial charge in [0.25, 0.3) is 0 Å². The van der Waals surface area contributed by atoms with Crippen molar-refractivity contribution in [3.63, 3.8) is 0 Å². The van der Waals surface area contributed by atoms with Gasteiger partial charge >= 0.3 is 11.9 Å². The van der Waals surface area contributed by atoms with Crippen molar-refractivity contribution < 1.29 is 43.1 Å². The average molecular weight is 585 g/mol. The number of carbonyl (C=O) groups excluding carboxylic acids is 2. The Hall–Kier alpha value is -3.69. The maximum Gasteiger partial charge on any atom is 0.338 e. The van der Waals surface area contributed by atoms with Gasteiger partial charge < -0.3 is 29.2 Å². The lowest BCUT2D eigenvalue weighted by atomic mass is 9.76. The van der Waals surface area contributed by atoms with Crippen LogP contribution in [0.25, 0.3) is 11.1 Å². The smallest absolute Gasteiger partial charge is 0.338 e. The molecule has 228 valence electrons. The van der Waals surface area contributed by atoms with Crippen LogP contribution in [0.2, 0.25) is 0 Å². The molecule has 2 N–H and O–H groups in total. The van der Waals surface area contributed by atoms with Crippen molar-refractivity contribution >= 4 is 11.9 Å². The lowest BCUT2D eigenvalue weighted by Crippen LogP contribution is -2.15. The minimum Gasteiger partial charge on any atom is -0.457 e. The van der Waals surface area contributed by atoms with Crippen molar-refractivity contribution in [2.75, 3.05) is 26.8 Å². The highest BCUT2D eigenvalue weighted by atomic mass is 19.1. The molecule has 2 aromatic carbocycles. The van der Waals surface area contributed by atoms with Gasteiger partial charge in [-0.15, -0.1) is 0 Å². The first kappa shape index (κ1) is 32.8. The molecule has 0 unspecified atom stereocenters. The number of ether oxygens (including phenoxy) is 4. The van der Waals surface area contributed by atoms with E-state index in [-0.39, 0.29) is 34.4 Å². The first-order valence-corrected chi connectivity index (χ1v) is 14.4. The molecule has 0 amide bonds. The Morgan fingerprint density at radius 2 is 1.40 bits per heavy atom. The van der Waals surface area contributed by atoms with Gasteiger partial charge in [0.1, 0.15) is 17.3 Å². The van der Waals surface area contributed by atoms with Gasteiger partial charge in [-0.05, 0) is 72.4 Å². The summed E-state index contributed by atoms with van der Waals surface area (Å²) < 4.78 is 36.4. The monoisotopic (exact) mass is 584 g/mol. The third-order valence-electron chi connectivity index (χ3n) is 7.51. The summed E-state index contributed by atoms with van der Waals surface area (Å²) in [6.07, 6.45) is 9.24. The lowest BCUT2D eigenvalue weighted by molar-refractivity contribution is -0.146. The van der Waals surface area contributed by atoms with Gasteiger partial charge in [-0.1, -0.05) is 57.9 Å². The minimum atomic E-state index is -0.811. The summed E-state index contributed by atoms with van der Waals surface area (Å²) >= 11 is 0. The highest BCUT2D eigenvalue weighted by Crippen LogP contribution is 2.40. The van der Waals surface area contributed by atoms with Crippen molar-refractivity contribution in [2.24, 2.45) is 5.92 Å². The Morgan fingerprint density at radius 3 is 1.90 bits per heavy atom. The maximum atomic E-state index is 15.4. The largest absolute Gasteiger partial charge is 0.457 e. The molecule has 1 saturated carbocycles. The van der Waals surface area contributed by atoms with Crippen molar-refractivity contribution in [3.05, 3.63) is 72.1 Å². The quantitative estimate of drug-likeness (QED) is 0.104. The summed E-state index contributed by atoms with van der Waals surface area (Å²) in [4.78, 5) is 23.6. The Kier molecular flexibility index (Phi) is 13.0. The number of rotatable bonds is 16. The molecule has 42 heavy (non-hydrogen) atoms.